The molecule has 1 heterocycles. The average Bonchev–Trinajstić information content (AvgIpc) is 3.26. The Balaban J connectivity index is 2.04. The largest absolute Gasteiger partial charge is 0.489 e. The minimum atomic E-state index is -5.01. The number of carbonyl (C=O) groups excluding carboxylic acids is 2. The molecular formula is C20H22BrF3N2O4. The van der Waals surface area contributed by atoms with Gasteiger partial charge >= 0.3 is 18.1 Å². The Morgan fingerprint density at radius 3 is 2.53 bits per heavy atom. The van der Waals surface area contributed by atoms with E-state index in [9.17, 15) is 22.8 Å². The van der Waals surface area contributed by atoms with E-state index in [2.05, 4.69) is 15.9 Å². The van der Waals surface area contributed by atoms with Gasteiger partial charge in [-0.25, -0.2) is 4.79 Å². The van der Waals surface area contributed by atoms with Crippen LogP contribution in [-0.2, 0) is 23.1 Å². The van der Waals surface area contributed by atoms with Crippen molar-refractivity contribution in [1.29, 1.82) is 0 Å². The molecule has 1 amide bonds. The molecular weight excluding hydrogens is 469 g/mol. The van der Waals surface area contributed by atoms with Gasteiger partial charge in [-0.15, -0.1) is 0 Å². The number of hydrogen-bond donors (Lipinski definition) is 1. The lowest BCUT2D eigenvalue weighted by atomic mass is 10.1. The first kappa shape index (κ1) is 22.5. The molecule has 0 bridgehead atoms. The van der Waals surface area contributed by atoms with Crippen LogP contribution in [0.2, 0.25) is 0 Å². The number of carbonyl (C=O) groups is 2. The Labute approximate surface area is 179 Å². The van der Waals surface area contributed by atoms with Crippen molar-refractivity contribution in [3.8, 4) is 5.75 Å². The van der Waals surface area contributed by atoms with E-state index in [4.69, 9.17) is 9.47 Å². The monoisotopic (exact) mass is 490 g/mol. The lowest BCUT2D eigenvalue weighted by Crippen LogP contribution is -2.37. The van der Waals surface area contributed by atoms with E-state index in [-0.39, 0.29) is 24.0 Å². The van der Waals surface area contributed by atoms with E-state index < -0.39 is 24.6 Å². The first-order chi connectivity index (χ1) is 14.1. The maximum absolute atomic E-state index is 12.6. The molecule has 164 valence electrons. The number of amides is 1. The Hall–Kier alpha value is -2.23. The van der Waals surface area contributed by atoms with Gasteiger partial charge in [-0.2, -0.15) is 13.2 Å². The van der Waals surface area contributed by atoms with E-state index >= 15 is 0 Å². The van der Waals surface area contributed by atoms with Gasteiger partial charge in [0, 0.05) is 18.5 Å². The van der Waals surface area contributed by atoms with Crippen LogP contribution < -0.4 is 10.1 Å². The minimum absolute atomic E-state index is 0.105. The molecule has 2 aromatic rings. The number of alkyl halides is 3. The number of rotatable bonds is 6. The molecule has 0 radical (unpaired) electrons. The fourth-order valence-electron chi connectivity index (χ4n) is 3.67. The van der Waals surface area contributed by atoms with Gasteiger partial charge in [0.1, 0.15) is 5.75 Å². The molecule has 0 unspecified atom stereocenters. The molecule has 3 rings (SSSR count). The summed E-state index contributed by atoms with van der Waals surface area (Å²) in [5.74, 6) is -2.15. The molecule has 10 heteroatoms. The van der Waals surface area contributed by atoms with E-state index in [0.717, 1.165) is 25.7 Å². The van der Waals surface area contributed by atoms with Crippen LogP contribution in [0.25, 0.3) is 10.9 Å². The molecule has 0 atom stereocenters. The normalized spacial score (nSPS) is 14.9. The molecule has 1 aliphatic carbocycles. The predicted octanol–water partition coefficient (Wildman–Crippen LogP) is 4.62. The quantitative estimate of drug-likeness (QED) is 0.600. The molecule has 6 nitrogen and oxygen atoms in total. The second-order valence-corrected chi connectivity index (χ2v) is 7.96. The Morgan fingerprint density at radius 2 is 1.93 bits per heavy atom. The number of benzene rings is 1. The van der Waals surface area contributed by atoms with Gasteiger partial charge in [0.15, 0.2) is 0 Å². The zero-order chi connectivity index (χ0) is 22.1. The first-order valence-electron chi connectivity index (χ1n) is 9.63. The van der Waals surface area contributed by atoms with E-state index in [1.807, 2.05) is 5.32 Å². The molecule has 1 aromatic carbocycles. The summed E-state index contributed by atoms with van der Waals surface area (Å²) in [5, 5.41) is 2.33. The molecule has 0 spiro atoms. The smallest absolute Gasteiger partial charge is 0.471 e. The molecule has 1 aliphatic rings. The molecule has 30 heavy (non-hydrogen) atoms. The standard InChI is InChI=1S/C20H22BrF3N2O4/c1-3-29-18(27)17-12-8-13(21)16(30-11-6-4-5-7-11)9-14(12)26(2)15(17)10-25-19(28)20(22,23)24/h8-9,11H,3-7,10H2,1-2H3,(H,25,28). The molecule has 1 fully saturated rings. The van der Waals surface area contributed by atoms with Gasteiger partial charge < -0.3 is 19.4 Å². The topological polar surface area (TPSA) is 69.6 Å². The van der Waals surface area contributed by atoms with E-state index in [1.54, 1.807) is 30.7 Å². The number of esters is 1. The Kier molecular flexibility index (Phi) is 6.64. The molecule has 1 aromatic heterocycles. The highest BCUT2D eigenvalue weighted by atomic mass is 79.9. The average molecular weight is 491 g/mol. The third-order valence-electron chi connectivity index (χ3n) is 5.12. The fourth-order valence-corrected chi connectivity index (χ4v) is 4.10. The second kappa shape index (κ2) is 8.87. The van der Waals surface area contributed by atoms with Crippen molar-refractivity contribution < 1.29 is 32.2 Å². The highest BCUT2D eigenvalue weighted by molar-refractivity contribution is 9.10. The van der Waals surface area contributed by atoms with Crippen LogP contribution in [0.3, 0.4) is 0 Å². The number of fused-ring (bicyclic) bond motifs is 1. The highest BCUT2D eigenvalue weighted by Gasteiger charge is 2.38. The van der Waals surface area contributed by atoms with Gasteiger partial charge in [-0.05, 0) is 54.6 Å². The number of nitrogens with zero attached hydrogens (tertiary/aromatic N) is 1. The predicted molar refractivity (Wildman–Crippen MR) is 107 cm³/mol. The summed E-state index contributed by atoms with van der Waals surface area (Å²) >= 11 is 3.46. The third kappa shape index (κ3) is 4.58. The number of aromatic nitrogens is 1. The van der Waals surface area contributed by atoms with Gasteiger partial charge in [0.25, 0.3) is 0 Å². The summed E-state index contributed by atoms with van der Waals surface area (Å²) in [6, 6.07) is 3.44. The van der Waals surface area contributed by atoms with Crippen molar-refractivity contribution in [2.75, 3.05) is 6.61 Å². The van der Waals surface area contributed by atoms with Crippen LogP contribution in [0.15, 0.2) is 16.6 Å². The maximum atomic E-state index is 12.6. The van der Waals surface area contributed by atoms with E-state index in [1.165, 1.54) is 0 Å². The lowest BCUT2D eigenvalue weighted by Gasteiger charge is -2.15. The van der Waals surface area contributed by atoms with Crippen molar-refractivity contribution in [2.24, 2.45) is 7.05 Å². The number of hydrogen-bond acceptors (Lipinski definition) is 4. The number of ether oxygens (including phenoxy) is 2. The molecule has 1 saturated carbocycles. The van der Waals surface area contributed by atoms with Crippen LogP contribution in [0.5, 0.6) is 5.75 Å². The number of halogens is 4. The van der Waals surface area contributed by atoms with Gasteiger partial charge in [-0.1, -0.05) is 0 Å². The van der Waals surface area contributed by atoms with Crippen LogP contribution in [-0.4, -0.2) is 35.3 Å². The van der Waals surface area contributed by atoms with Crippen LogP contribution in [0.4, 0.5) is 13.2 Å². The zero-order valence-corrected chi connectivity index (χ0v) is 18.2. The van der Waals surface area contributed by atoms with Crippen molar-refractivity contribution in [1.82, 2.24) is 9.88 Å². The van der Waals surface area contributed by atoms with Crippen molar-refractivity contribution in [2.45, 2.75) is 51.4 Å². The Morgan fingerprint density at radius 1 is 1.27 bits per heavy atom. The van der Waals surface area contributed by atoms with Gasteiger partial charge in [0.2, 0.25) is 0 Å². The zero-order valence-electron chi connectivity index (χ0n) is 16.6. The summed E-state index contributed by atoms with van der Waals surface area (Å²) < 4.78 is 51.2. The summed E-state index contributed by atoms with van der Waals surface area (Å²) in [7, 11) is 1.62. The second-order valence-electron chi connectivity index (χ2n) is 7.11. The van der Waals surface area contributed by atoms with E-state index in [0.29, 0.717) is 21.1 Å². The molecule has 1 N–H and O–H groups in total. The number of nitrogens with one attached hydrogen (secondary N) is 1. The summed E-state index contributed by atoms with van der Waals surface area (Å²) in [6.07, 6.45) is -0.787. The van der Waals surface area contributed by atoms with Gasteiger partial charge in [0.05, 0.1) is 40.5 Å². The minimum Gasteiger partial charge on any atom is -0.489 e. The van der Waals surface area contributed by atoms with Crippen LogP contribution in [0.1, 0.15) is 48.7 Å². The molecule has 0 saturated heterocycles. The van der Waals surface area contributed by atoms with Crippen molar-refractivity contribution >= 4 is 38.7 Å². The first-order valence-corrected chi connectivity index (χ1v) is 10.4. The van der Waals surface area contributed by atoms with Crippen molar-refractivity contribution in [3.63, 3.8) is 0 Å². The SMILES string of the molecule is CCOC(=O)c1c(CNC(=O)C(F)(F)F)n(C)c2cc(OC3CCCC3)c(Br)cc12. The Bertz CT molecular complexity index is 965. The van der Waals surface area contributed by atoms with Crippen LogP contribution >= 0.6 is 15.9 Å². The highest BCUT2D eigenvalue weighted by Crippen LogP contribution is 2.37. The molecule has 0 aliphatic heterocycles. The summed E-state index contributed by atoms with van der Waals surface area (Å²) in [5.41, 5.74) is 0.918. The van der Waals surface area contributed by atoms with Crippen molar-refractivity contribution in [3.05, 3.63) is 27.9 Å². The fraction of sp³-hybridized carbons (Fsp3) is 0.500. The summed E-state index contributed by atoms with van der Waals surface area (Å²) in [4.78, 5) is 23.9. The third-order valence-corrected chi connectivity index (χ3v) is 5.74. The van der Waals surface area contributed by atoms with Crippen LogP contribution in [0, 0.1) is 0 Å². The summed E-state index contributed by atoms with van der Waals surface area (Å²) in [6.45, 7) is 1.26. The maximum Gasteiger partial charge on any atom is 0.471 e. The lowest BCUT2D eigenvalue weighted by molar-refractivity contribution is -0.173. The van der Waals surface area contributed by atoms with Gasteiger partial charge in [-0.3, -0.25) is 4.79 Å². The number of aryl methyl sites for hydroxylation is 1.